The highest BCUT2D eigenvalue weighted by atomic mass is 16.6. The molecule has 27 heavy (non-hydrogen) atoms. The molecule has 0 spiro atoms. The van der Waals surface area contributed by atoms with Gasteiger partial charge in [0.15, 0.2) is 17.6 Å². The highest BCUT2D eigenvalue weighted by Crippen LogP contribution is 2.33. The third-order valence-electron chi connectivity index (χ3n) is 4.90. The molecule has 0 saturated carbocycles. The van der Waals surface area contributed by atoms with Crippen molar-refractivity contribution in [2.24, 2.45) is 4.99 Å². The smallest absolute Gasteiger partial charge is 0.412 e. The van der Waals surface area contributed by atoms with Crippen LogP contribution < -0.4 is 14.8 Å². The summed E-state index contributed by atoms with van der Waals surface area (Å²) in [4.78, 5) is 19.3. The average molecular weight is 365 g/mol. The van der Waals surface area contributed by atoms with Crippen molar-refractivity contribution in [3.63, 3.8) is 0 Å². The van der Waals surface area contributed by atoms with E-state index in [1.807, 2.05) is 18.2 Å². The Morgan fingerprint density at radius 3 is 2.93 bits per heavy atom. The van der Waals surface area contributed by atoms with E-state index in [4.69, 9.17) is 19.2 Å². The van der Waals surface area contributed by atoms with Gasteiger partial charge in [-0.05, 0) is 23.8 Å². The number of ether oxygens (including phenoxy) is 3. The van der Waals surface area contributed by atoms with Crippen LogP contribution in [0.2, 0.25) is 0 Å². The Morgan fingerprint density at radius 2 is 2.00 bits per heavy atom. The van der Waals surface area contributed by atoms with E-state index in [1.54, 1.807) is 18.2 Å². The summed E-state index contributed by atoms with van der Waals surface area (Å²) >= 11 is 0. The van der Waals surface area contributed by atoms with Gasteiger partial charge in [-0.1, -0.05) is 18.2 Å². The summed E-state index contributed by atoms with van der Waals surface area (Å²) in [5, 5.41) is 2.76. The van der Waals surface area contributed by atoms with Crippen LogP contribution >= 0.6 is 0 Å². The molecule has 0 aromatic heterocycles. The molecule has 2 aromatic carbocycles. The van der Waals surface area contributed by atoms with Crippen LogP contribution in [0.4, 0.5) is 16.2 Å². The van der Waals surface area contributed by atoms with Gasteiger partial charge in [0, 0.05) is 31.3 Å². The maximum Gasteiger partial charge on any atom is 0.412 e. The largest absolute Gasteiger partial charge is 0.486 e. The predicted octanol–water partition coefficient (Wildman–Crippen LogP) is 3.32. The van der Waals surface area contributed by atoms with Gasteiger partial charge >= 0.3 is 6.09 Å². The van der Waals surface area contributed by atoms with Crippen LogP contribution in [-0.2, 0) is 11.3 Å². The fraction of sp³-hybridized carbons (Fsp3) is 0.300. The molecule has 2 aromatic rings. The van der Waals surface area contributed by atoms with Gasteiger partial charge in [0.25, 0.3) is 0 Å². The quantitative estimate of drug-likeness (QED) is 0.884. The first-order valence-corrected chi connectivity index (χ1v) is 9.05. The van der Waals surface area contributed by atoms with E-state index in [-0.39, 0.29) is 6.10 Å². The fourth-order valence-electron chi connectivity index (χ4n) is 3.62. The number of amidine groups is 1. The van der Waals surface area contributed by atoms with Crippen molar-refractivity contribution in [2.75, 3.05) is 25.1 Å². The van der Waals surface area contributed by atoms with E-state index >= 15 is 0 Å². The van der Waals surface area contributed by atoms with Gasteiger partial charge in [0.2, 0.25) is 0 Å². The maximum absolute atomic E-state index is 12.4. The number of hydrogen-bond donors (Lipinski definition) is 1. The van der Waals surface area contributed by atoms with Gasteiger partial charge in [0.1, 0.15) is 19.0 Å². The minimum absolute atomic E-state index is 0.337. The van der Waals surface area contributed by atoms with Crippen molar-refractivity contribution in [3.05, 3.63) is 48.0 Å². The second-order valence-electron chi connectivity index (χ2n) is 6.69. The number of hydrogen-bond acceptors (Lipinski definition) is 6. The number of nitrogens with one attached hydrogen (secondary N) is 1. The van der Waals surface area contributed by atoms with Crippen molar-refractivity contribution >= 4 is 23.3 Å². The van der Waals surface area contributed by atoms with Crippen LogP contribution in [0.3, 0.4) is 0 Å². The molecule has 3 heterocycles. The van der Waals surface area contributed by atoms with Gasteiger partial charge in [-0.3, -0.25) is 5.32 Å². The Labute approximate surface area is 156 Å². The van der Waals surface area contributed by atoms with Crippen molar-refractivity contribution in [3.8, 4) is 11.5 Å². The summed E-state index contributed by atoms with van der Waals surface area (Å²) in [6.07, 6.45) is -0.0999. The molecule has 5 rings (SSSR count). The molecule has 7 heteroatoms. The first kappa shape index (κ1) is 16.0. The van der Waals surface area contributed by atoms with Crippen molar-refractivity contribution < 1.29 is 19.0 Å². The lowest BCUT2D eigenvalue weighted by Gasteiger charge is -2.26. The van der Waals surface area contributed by atoms with Crippen molar-refractivity contribution in [2.45, 2.75) is 19.1 Å². The molecule has 1 N–H and O–H groups in total. The van der Waals surface area contributed by atoms with Crippen LogP contribution in [0.15, 0.2) is 47.5 Å². The molecule has 3 aliphatic heterocycles. The Bertz CT molecular complexity index is 927. The van der Waals surface area contributed by atoms with Crippen LogP contribution in [0.25, 0.3) is 0 Å². The number of carbonyl (C=O) groups excluding carboxylic acids is 1. The molecule has 7 nitrogen and oxygen atoms in total. The molecule has 0 unspecified atom stereocenters. The third kappa shape index (κ3) is 3.05. The number of carbonyl (C=O) groups is 1. The lowest BCUT2D eigenvalue weighted by molar-refractivity contribution is 0.143. The summed E-state index contributed by atoms with van der Waals surface area (Å²) in [5.41, 5.74) is 2.75. The Morgan fingerprint density at radius 1 is 1.15 bits per heavy atom. The fourth-order valence-corrected chi connectivity index (χ4v) is 3.62. The number of rotatable bonds is 2. The minimum Gasteiger partial charge on any atom is -0.486 e. The summed E-state index contributed by atoms with van der Waals surface area (Å²) in [5.74, 6) is 2.13. The zero-order valence-corrected chi connectivity index (χ0v) is 14.7. The Kier molecular flexibility index (Phi) is 3.85. The molecule has 1 atom stereocenters. The molecule has 3 aliphatic rings. The summed E-state index contributed by atoms with van der Waals surface area (Å²) in [6, 6.07) is 13.4. The molecule has 1 fully saturated rings. The van der Waals surface area contributed by atoms with E-state index in [1.165, 1.54) is 5.56 Å². The summed E-state index contributed by atoms with van der Waals surface area (Å²) in [7, 11) is 0. The minimum atomic E-state index is -0.500. The molecule has 138 valence electrons. The predicted molar refractivity (Wildman–Crippen MR) is 99.9 cm³/mol. The maximum atomic E-state index is 12.4. The highest BCUT2D eigenvalue weighted by molar-refractivity contribution is 5.95. The van der Waals surface area contributed by atoms with Crippen LogP contribution in [-0.4, -0.2) is 42.7 Å². The number of amides is 1. The zero-order valence-electron chi connectivity index (χ0n) is 14.7. The number of nitrogens with zero attached hydrogens (tertiary/aromatic N) is 2. The van der Waals surface area contributed by atoms with Gasteiger partial charge in [-0.2, -0.15) is 0 Å². The van der Waals surface area contributed by atoms with Crippen LogP contribution in [0.1, 0.15) is 12.0 Å². The molecule has 0 radical (unpaired) electrons. The zero-order chi connectivity index (χ0) is 18.2. The molecule has 0 aliphatic carbocycles. The highest BCUT2D eigenvalue weighted by Gasteiger charge is 2.35. The molecular formula is C20H19N3O4. The van der Waals surface area contributed by atoms with E-state index < -0.39 is 6.09 Å². The van der Waals surface area contributed by atoms with Crippen LogP contribution in [0.5, 0.6) is 11.5 Å². The first-order valence-electron chi connectivity index (χ1n) is 9.05. The molecular weight excluding hydrogens is 346 g/mol. The SMILES string of the molecule is O=C(Nc1ccc2c(c1)OCCO2)O[C@H]1CCN2Cc3ccccc3N=C12. The second-order valence-corrected chi connectivity index (χ2v) is 6.69. The van der Waals surface area contributed by atoms with Crippen molar-refractivity contribution in [1.29, 1.82) is 0 Å². The number of benzene rings is 2. The van der Waals surface area contributed by atoms with Crippen LogP contribution in [0, 0.1) is 0 Å². The monoisotopic (exact) mass is 365 g/mol. The molecule has 0 bridgehead atoms. The Hall–Kier alpha value is -3.22. The van der Waals surface area contributed by atoms with E-state index in [0.29, 0.717) is 30.4 Å². The number of fused-ring (bicyclic) bond motifs is 3. The van der Waals surface area contributed by atoms with E-state index in [0.717, 1.165) is 31.0 Å². The second kappa shape index (κ2) is 6.50. The molecule has 1 amide bonds. The topological polar surface area (TPSA) is 72.4 Å². The van der Waals surface area contributed by atoms with Gasteiger partial charge in [0.05, 0.1) is 5.69 Å². The van der Waals surface area contributed by atoms with E-state index in [2.05, 4.69) is 16.3 Å². The number of para-hydroxylation sites is 1. The van der Waals surface area contributed by atoms with Crippen molar-refractivity contribution in [1.82, 2.24) is 4.90 Å². The standard InChI is InChI=1S/C20H19N3O4/c24-20(21-14-5-6-16-18(11-14)26-10-9-25-16)27-17-7-8-23-12-13-3-1-2-4-15(13)22-19(17)23/h1-6,11,17H,7-10,12H2,(H,21,24)/t17-/m0/s1. The number of aliphatic imine (C=N–C) groups is 1. The average Bonchev–Trinajstić information content (AvgIpc) is 3.07. The molecule has 1 saturated heterocycles. The third-order valence-corrected chi connectivity index (χ3v) is 4.90. The number of anilines is 1. The van der Waals surface area contributed by atoms with Gasteiger partial charge in [-0.25, -0.2) is 9.79 Å². The summed E-state index contributed by atoms with van der Waals surface area (Å²) < 4.78 is 16.7. The van der Waals surface area contributed by atoms with E-state index in [9.17, 15) is 4.79 Å². The lowest BCUT2D eigenvalue weighted by atomic mass is 10.1. The lowest BCUT2D eigenvalue weighted by Crippen LogP contribution is -2.34. The van der Waals surface area contributed by atoms with Gasteiger partial charge in [-0.15, -0.1) is 0 Å². The Balaban J connectivity index is 1.28. The first-order chi connectivity index (χ1) is 13.3. The normalized spacial score (nSPS) is 19.6. The van der Waals surface area contributed by atoms with Gasteiger partial charge < -0.3 is 19.1 Å². The summed E-state index contributed by atoms with van der Waals surface area (Å²) in [6.45, 7) is 2.67.